The molecule has 1 amide bonds. The standard InChI is InChI=1S/C20H24N2O2/c1-14(2)13-24-19-7-5-6-17(11-19)22-20(23)12-21-18-9-15(3)8-16(4)10-18/h5-11,21H,1,12-13H2,2-4H3,(H,22,23). The van der Waals surface area contributed by atoms with E-state index in [1.807, 2.05) is 51.1 Å². The number of carbonyl (C=O) groups is 1. The molecule has 0 heterocycles. The van der Waals surface area contributed by atoms with E-state index in [1.165, 1.54) is 11.1 Å². The van der Waals surface area contributed by atoms with Gasteiger partial charge in [0.15, 0.2) is 0 Å². The number of anilines is 2. The molecule has 2 aromatic rings. The van der Waals surface area contributed by atoms with Crippen molar-refractivity contribution >= 4 is 17.3 Å². The molecule has 0 atom stereocenters. The molecule has 0 saturated carbocycles. The number of benzene rings is 2. The van der Waals surface area contributed by atoms with Gasteiger partial charge in [-0.3, -0.25) is 4.79 Å². The third-order valence-corrected chi connectivity index (χ3v) is 3.28. The summed E-state index contributed by atoms with van der Waals surface area (Å²) >= 11 is 0. The Kier molecular flexibility index (Phi) is 6.01. The maximum atomic E-state index is 12.1. The minimum Gasteiger partial charge on any atom is -0.489 e. The quantitative estimate of drug-likeness (QED) is 0.746. The lowest BCUT2D eigenvalue weighted by atomic mass is 10.1. The second kappa shape index (κ2) is 8.20. The lowest BCUT2D eigenvalue weighted by Crippen LogP contribution is -2.21. The van der Waals surface area contributed by atoms with Gasteiger partial charge in [-0.1, -0.05) is 18.7 Å². The number of hydrogen-bond acceptors (Lipinski definition) is 3. The summed E-state index contributed by atoms with van der Waals surface area (Å²) in [4.78, 5) is 12.1. The molecule has 0 aliphatic carbocycles. The second-order valence-corrected chi connectivity index (χ2v) is 6.05. The minimum absolute atomic E-state index is 0.105. The van der Waals surface area contributed by atoms with E-state index in [1.54, 1.807) is 6.07 Å². The first-order valence-electron chi connectivity index (χ1n) is 7.91. The highest BCUT2D eigenvalue weighted by Crippen LogP contribution is 2.18. The molecule has 2 aromatic carbocycles. The molecular weight excluding hydrogens is 300 g/mol. The Hall–Kier alpha value is -2.75. The summed E-state index contributed by atoms with van der Waals surface area (Å²) in [7, 11) is 0. The van der Waals surface area contributed by atoms with Crippen LogP contribution in [-0.2, 0) is 4.79 Å². The Labute approximate surface area is 143 Å². The van der Waals surface area contributed by atoms with Crippen molar-refractivity contribution in [2.75, 3.05) is 23.8 Å². The number of rotatable bonds is 7. The number of ether oxygens (including phenoxy) is 1. The SMILES string of the molecule is C=C(C)COc1cccc(NC(=O)CNc2cc(C)cc(C)c2)c1. The van der Waals surface area contributed by atoms with Crippen LogP contribution in [0.4, 0.5) is 11.4 Å². The van der Waals surface area contributed by atoms with Crippen molar-refractivity contribution in [3.05, 3.63) is 65.7 Å². The lowest BCUT2D eigenvalue weighted by Gasteiger charge is -2.11. The van der Waals surface area contributed by atoms with Crippen molar-refractivity contribution in [3.63, 3.8) is 0 Å². The monoisotopic (exact) mass is 324 g/mol. The summed E-state index contributed by atoms with van der Waals surface area (Å²) in [6, 6.07) is 13.5. The van der Waals surface area contributed by atoms with Gasteiger partial charge in [-0.25, -0.2) is 0 Å². The molecule has 0 saturated heterocycles. The van der Waals surface area contributed by atoms with E-state index in [4.69, 9.17) is 4.74 Å². The molecular formula is C20H24N2O2. The van der Waals surface area contributed by atoms with Gasteiger partial charge in [0.2, 0.25) is 5.91 Å². The summed E-state index contributed by atoms with van der Waals surface area (Å²) < 4.78 is 5.58. The van der Waals surface area contributed by atoms with Gasteiger partial charge in [-0.2, -0.15) is 0 Å². The molecule has 4 heteroatoms. The molecule has 2 N–H and O–H groups in total. The topological polar surface area (TPSA) is 50.4 Å². The van der Waals surface area contributed by atoms with Gasteiger partial charge in [0, 0.05) is 17.4 Å². The summed E-state index contributed by atoms with van der Waals surface area (Å²) in [6.07, 6.45) is 0. The van der Waals surface area contributed by atoms with E-state index in [-0.39, 0.29) is 12.5 Å². The normalized spacial score (nSPS) is 10.1. The zero-order valence-electron chi connectivity index (χ0n) is 14.5. The highest BCUT2D eigenvalue weighted by atomic mass is 16.5. The van der Waals surface area contributed by atoms with Crippen molar-refractivity contribution in [1.82, 2.24) is 0 Å². The van der Waals surface area contributed by atoms with Gasteiger partial charge in [0.05, 0.1) is 6.54 Å². The van der Waals surface area contributed by atoms with Gasteiger partial charge in [0.25, 0.3) is 0 Å². The van der Waals surface area contributed by atoms with Crippen molar-refractivity contribution in [3.8, 4) is 5.75 Å². The Morgan fingerprint density at radius 1 is 1.08 bits per heavy atom. The predicted octanol–water partition coefficient (Wildman–Crippen LogP) is 4.31. The fraction of sp³-hybridized carbons (Fsp3) is 0.250. The van der Waals surface area contributed by atoms with Crippen molar-refractivity contribution in [2.45, 2.75) is 20.8 Å². The van der Waals surface area contributed by atoms with E-state index < -0.39 is 0 Å². The minimum atomic E-state index is -0.105. The molecule has 2 rings (SSSR count). The molecule has 0 spiro atoms. The molecule has 0 unspecified atom stereocenters. The van der Waals surface area contributed by atoms with E-state index in [2.05, 4.69) is 23.3 Å². The number of aryl methyl sites for hydroxylation is 2. The first-order valence-corrected chi connectivity index (χ1v) is 7.91. The fourth-order valence-corrected chi connectivity index (χ4v) is 2.33. The maximum absolute atomic E-state index is 12.1. The largest absolute Gasteiger partial charge is 0.489 e. The van der Waals surface area contributed by atoms with Gasteiger partial charge in [-0.05, 0) is 61.7 Å². The van der Waals surface area contributed by atoms with Gasteiger partial charge in [0.1, 0.15) is 12.4 Å². The van der Waals surface area contributed by atoms with Crippen LogP contribution in [0.2, 0.25) is 0 Å². The Balaban J connectivity index is 1.90. The number of nitrogens with one attached hydrogen (secondary N) is 2. The predicted molar refractivity (Wildman–Crippen MR) is 99.8 cm³/mol. The smallest absolute Gasteiger partial charge is 0.243 e. The molecule has 0 fully saturated rings. The van der Waals surface area contributed by atoms with Crippen LogP contribution in [0.1, 0.15) is 18.1 Å². The Bertz CT molecular complexity index is 718. The molecule has 126 valence electrons. The van der Waals surface area contributed by atoms with Crippen molar-refractivity contribution < 1.29 is 9.53 Å². The summed E-state index contributed by atoms with van der Waals surface area (Å²) in [5.41, 5.74) is 4.94. The third-order valence-electron chi connectivity index (χ3n) is 3.28. The zero-order valence-corrected chi connectivity index (χ0v) is 14.5. The summed E-state index contributed by atoms with van der Waals surface area (Å²) in [5, 5.41) is 6.01. The first kappa shape index (κ1) is 17.6. The van der Waals surface area contributed by atoms with Crippen LogP contribution in [0, 0.1) is 13.8 Å². The molecule has 4 nitrogen and oxygen atoms in total. The lowest BCUT2D eigenvalue weighted by molar-refractivity contribution is -0.114. The molecule has 0 radical (unpaired) electrons. The number of amides is 1. The number of carbonyl (C=O) groups excluding carboxylic acids is 1. The van der Waals surface area contributed by atoms with E-state index in [9.17, 15) is 4.79 Å². The van der Waals surface area contributed by atoms with Crippen LogP contribution < -0.4 is 15.4 Å². The average Bonchev–Trinajstić information content (AvgIpc) is 2.50. The molecule has 0 aliphatic rings. The van der Waals surface area contributed by atoms with Gasteiger partial charge >= 0.3 is 0 Å². The first-order chi connectivity index (χ1) is 11.4. The fourth-order valence-electron chi connectivity index (χ4n) is 2.33. The van der Waals surface area contributed by atoms with Crippen LogP contribution in [0.15, 0.2) is 54.6 Å². The van der Waals surface area contributed by atoms with Gasteiger partial charge < -0.3 is 15.4 Å². The van der Waals surface area contributed by atoms with Gasteiger partial charge in [-0.15, -0.1) is 0 Å². The van der Waals surface area contributed by atoms with Crippen LogP contribution in [0.3, 0.4) is 0 Å². The third kappa shape index (κ3) is 5.80. The Morgan fingerprint density at radius 2 is 1.79 bits per heavy atom. The van der Waals surface area contributed by atoms with Crippen LogP contribution >= 0.6 is 0 Å². The van der Waals surface area contributed by atoms with Crippen LogP contribution in [0.25, 0.3) is 0 Å². The number of hydrogen-bond donors (Lipinski definition) is 2. The Morgan fingerprint density at radius 3 is 2.46 bits per heavy atom. The molecule has 0 aromatic heterocycles. The summed E-state index contributed by atoms with van der Waals surface area (Å²) in [6.45, 7) is 10.5. The van der Waals surface area contributed by atoms with Crippen LogP contribution in [-0.4, -0.2) is 19.1 Å². The van der Waals surface area contributed by atoms with E-state index in [0.29, 0.717) is 18.0 Å². The highest BCUT2D eigenvalue weighted by Gasteiger charge is 2.04. The summed E-state index contributed by atoms with van der Waals surface area (Å²) in [5.74, 6) is 0.601. The molecule has 0 bridgehead atoms. The van der Waals surface area contributed by atoms with Crippen molar-refractivity contribution in [2.24, 2.45) is 0 Å². The van der Waals surface area contributed by atoms with E-state index >= 15 is 0 Å². The molecule has 0 aliphatic heterocycles. The molecule has 24 heavy (non-hydrogen) atoms. The maximum Gasteiger partial charge on any atom is 0.243 e. The zero-order chi connectivity index (χ0) is 17.5. The highest BCUT2D eigenvalue weighted by molar-refractivity contribution is 5.93. The average molecular weight is 324 g/mol. The second-order valence-electron chi connectivity index (χ2n) is 6.05. The van der Waals surface area contributed by atoms with Crippen LogP contribution in [0.5, 0.6) is 5.75 Å². The van der Waals surface area contributed by atoms with Crippen molar-refractivity contribution in [1.29, 1.82) is 0 Å². The van der Waals surface area contributed by atoms with E-state index in [0.717, 1.165) is 11.3 Å².